The zero-order valence-electron chi connectivity index (χ0n) is 12.5. The highest BCUT2D eigenvalue weighted by molar-refractivity contribution is 7.21. The summed E-state index contributed by atoms with van der Waals surface area (Å²) in [6.45, 7) is 0. The van der Waals surface area contributed by atoms with Crippen LogP contribution in [0.25, 0.3) is 31.9 Å². The Balaban J connectivity index is 2.08. The van der Waals surface area contributed by atoms with E-state index in [0.29, 0.717) is 10.6 Å². The molecule has 0 radical (unpaired) electrons. The van der Waals surface area contributed by atoms with Gasteiger partial charge < -0.3 is 11.5 Å². The van der Waals surface area contributed by atoms with Crippen molar-refractivity contribution in [2.45, 2.75) is 0 Å². The summed E-state index contributed by atoms with van der Waals surface area (Å²) in [5.74, 6) is -0.521. The van der Waals surface area contributed by atoms with Crippen LogP contribution in [0.15, 0.2) is 53.9 Å². The molecule has 0 fully saturated rings. The third-order valence-electron chi connectivity index (χ3n) is 3.78. The lowest BCUT2D eigenvalue weighted by Gasteiger charge is -2.07. The highest BCUT2D eigenvalue weighted by atomic mass is 32.1. The number of anilines is 1. The normalized spacial score (nSPS) is 11.0. The summed E-state index contributed by atoms with van der Waals surface area (Å²) in [5, 5.41) is 2.81. The third kappa shape index (κ3) is 2.36. The molecule has 0 aliphatic carbocycles. The number of aromatic nitrogens is 1. The Morgan fingerprint density at radius 1 is 1.08 bits per heavy atom. The molecule has 118 valence electrons. The first-order chi connectivity index (χ1) is 11.6. The van der Waals surface area contributed by atoms with Crippen molar-refractivity contribution in [3.05, 3.63) is 58.8 Å². The Morgan fingerprint density at radius 2 is 1.88 bits per heavy atom. The van der Waals surface area contributed by atoms with Crippen LogP contribution in [-0.4, -0.2) is 10.9 Å². The number of primary amides is 1. The number of nitrogens with two attached hydrogens (primary N) is 2. The highest BCUT2D eigenvalue weighted by Crippen LogP contribution is 2.41. The maximum atomic E-state index is 11.7. The van der Waals surface area contributed by atoms with Crippen molar-refractivity contribution in [1.82, 2.24) is 4.98 Å². The fraction of sp³-hybridized carbons (Fsp3) is 0. The van der Waals surface area contributed by atoms with E-state index < -0.39 is 5.91 Å². The van der Waals surface area contributed by atoms with E-state index in [2.05, 4.69) is 0 Å². The second-order valence-electron chi connectivity index (χ2n) is 5.29. The average molecular weight is 351 g/mol. The molecule has 4 rings (SSSR count). The maximum absolute atomic E-state index is 11.7. The highest BCUT2D eigenvalue weighted by Gasteiger charge is 2.20. The van der Waals surface area contributed by atoms with E-state index >= 15 is 0 Å². The Kier molecular flexibility index (Phi) is 3.55. The molecule has 0 aliphatic rings. The SMILES string of the molecule is NC(=O)c1sc2nc(-c3cccs3)cc(-c3ccccc3)c2c1N. The number of hydrogen-bond acceptors (Lipinski definition) is 5. The van der Waals surface area contributed by atoms with Crippen LogP contribution in [-0.2, 0) is 0 Å². The standard InChI is InChI=1S/C18H13N3OS2/c19-15-14-11(10-5-2-1-3-6-10)9-12(13-7-4-8-23-13)21-18(14)24-16(15)17(20)22/h1-9H,19H2,(H2,20,22). The molecular weight excluding hydrogens is 338 g/mol. The minimum atomic E-state index is -0.521. The van der Waals surface area contributed by atoms with Crippen LogP contribution >= 0.6 is 22.7 Å². The summed E-state index contributed by atoms with van der Waals surface area (Å²) in [6, 6.07) is 16.0. The van der Waals surface area contributed by atoms with Gasteiger partial charge in [-0.1, -0.05) is 36.4 Å². The molecule has 6 heteroatoms. The van der Waals surface area contributed by atoms with Crippen molar-refractivity contribution in [2.24, 2.45) is 5.73 Å². The fourth-order valence-electron chi connectivity index (χ4n) is 2.70. The van der Waals surface area contributed by atoms with Gasteiger partial charge in [-0.25, -0.2) is 4.98 Å². The van der Waals surface area contributed by atoms with Crippen molar-refractivity contribution >= 4 is 44.5 Å². The monoisotopic (exact) mass is 351 g/mol. The van der Waals surface area contributed by atoms with Crippen molar-refractivity contribution in [3.63, 3.8) is 0 Å². The van der Waals surface area contributed by atoms with Crippen molar-refractivity contribution in [3.8, 4) is 21.7 Å². The quantitative estimate of drug-likeness (QED) is 0.575. The Morgan fingerprint density at radius 3 is 2.54 bits per heavy atom. The van der Waals surface area contributed by atoms with E-state index in [1.165, 1.54) is 11.3 Å². The van der Waals surface area contributed by atoms with Crippen molar-refractivity contribution < 1.29 is 4.79 Å². The topological polar surface area (TPSA) is 82.0 Å². The summed E-state index contributed by atoms with van der Waals surface area (Å²) < 4.78 is 0. The molecule has 3 aromatic heterocycles. The van der Waals surface area contributed by atoms with Gasteiger partial charge in [0, 0.05) is 5.39 Å². The first kappa shape index (κ1) is 14.9. The maximum Gasteiger partial charge on any atom is 0.260 e. The van der Waals surface area contributed by atoms with Crippen molar-refractivity contribution in [1.29, 1.82) is 0 Å². The van der Waals surface area contributed by atoms with Gasteiger partial charge in [0.2, 0.25) is 0 Å². The Hall–Kier alpha value is -2.70. The summed E-state index contributed by atoms with van der Waals surface area (Å²) >= 11 is 2.87. The van der Waals surface area contributed by atoms with Gasteiger partial charge in [-0.2, -0.15) is 0 Å². The van der Waals surface area contributed by atoms with Crippen LogP contribution in [0.1, 0.15) is 9.67 Å². The molecule has 4 aromatic rings. The van der Waals surface area contributed by atoms with Gasteiger partial charge in [-0.3, -0.25) is 4.79 Å². The number of rotatable bonds is 3. The number of thiophene rings is 2. The lowest BCUT2D eigenvalue weighted by Crippen LogP contribution is -2.10. The number of amides is 1. The molecule has 4 nitrogen and oxygen atoms in total. The number of pyridine rings is 1. The first-order valence-corrected chi connectivity index (χ1v) is 8.97. The molecule has 24 heavy (non-hydrogen) atoms. The van der Waals surface area contributed by atoms with Gasteiger partial charge in [-0.05, 0) is 28.6 Å². The lowest BCUT2D eigenvalue weighted by atomic mass is 10.0. The number of nitrogens with zero attached hydrogens (tertiary/aromatic N) is 1. The second-order valence-corrected chi connectivity index (χ2v) is 7.23. The van der Waals surface area contributed by atoms with Crippen LogP contribution in [0.4, 0.5) is 5.69 Å². The number of carbonyl (C=O) groups excluding carboxylic acids is 1. The Bertz CT molecular complexity index is 1040. The zero-order valence-corrected chi connectivity index (χ0v) is 14.2. The van der Waals surface area contributed by atoms with Gasteiger partial charge >= 0.3 is 0 Å². The predicted molar refractivity (Wildman–Crippen MR) is 101 cm³/mol. The molecule has 4 N–H and O–H groups in total. The number of benzene rings is 1. The van der Waals surface area contributed by atoms with Crippen LogP contribution in [0.3, 0.4) is 0 Å². The van der Waals surface area contributed by atoms with Gasteiger partial charge in [0.15, 0.2) is 0 Å². The second kappa shape index (κ2) is 5.74. The van der Waals surface area contributed by atoms with E-state index in [0.717, 1.165) is 31.9 Å². The Labute approximate surface area is 146 Å². The van der Waals surface area contributed by atoms with Crippen LogP contribution in [0.5, 0.6) is 0 Å². The summed E-state index contributed by atoms with van der Waals surface area (Å²) in [4.78, 5) is 18.5. The van der Waals surface area contributed by atoms with Gasteiger partial charge in [-0.15, -0.1) is 22.7 Å². The van der Waals surface area contributed by atoms with E-state index in [-0.39, 0.29) is 0 Å². The molecule has 1 amide bonds. The fourth-order valence-corrected chi connectivity index (χ4v) is 4.36. The van der Waals surface area contributed by atoms with E-state index in [9.17, 15) is 4.79 Å². The molecule has 1 aromatic carbocycles. The number of hydrogen-bond donors (Lipinski definition) is 2. The van der Waals surface area contributed by atoms with Crippen LogP contribution in [0.2, 0.25) is 0 Å². The minimum absolute atomic E-state index is 0.359. The average Bonchev–Trinajstić information content (AvgIpc) is 3.23. The molecule has 0 saturated heterocycles. The van der Waals surface area contributed by atoms with Crippen LogP contribution < -0.4 is 11.5 Å². The number of fused-ring (bicyclic) bond motifs is 1. The minimum Gasteiger partial charge on any atom is -0.397 e. The first-order valence-electron chi connectivity index (χ1n) is 7.27. The molecule has 0 atom stereocenters. The summed E-state index contributed by atoms with van der Waals surface area (Å²) in [7, 11) is 0. The molecule has 0 aliphatic heterocycles. The molecule has 0 spiro atoms. The smallest absolute Gasteiger partial charge is 0.260 e. The summed E-state index contributed by atoms with van der Waals surface area (Å²) in [6.07, 6.45) is 0. The lowest BCUT2D eigenvalue weighted by molar-refractivity contribution is 0.100. The number of nitrogen functional groups attached to an aromatic ring is 1. The van der Waals surface area contributed by atoms with E-state index in [1.807, 2.05) is 53.9 Å². The van der Waals surface area contributed by atoms with Crippen LogP contribution in [0, 0.1) is 0 Å². The molecule has 0 unspecified atom stereocenters. The van der Waals surface area contributed by atoms with Crippen molar-refractivity contribution in [2.75, 3.05) is 5.73 Å². The van der Waals surface area contributed by atoms with Gasteiger partial charge in [0.25, 0.3) is 5.91 Å². The molecular formula is C18H13N3OS2. The molecule has 3 heterocycles. The zero-order chi connectivity index (χ0) is 16.7. The predicted octanol–water partition coefficient (Wildman–Crippen LogP) is 4.37. The largest absolute Gasteiger partial charge is 0.397 e. The summed E-state index contributed by atoms with van der Waals surface area (Å²) in [5.41, 5.74) is 15.0. The van der Waals surface area contributed by atoms with E-state index in [1.54, 1.807) is 11.3 Å². The third-order valence-corrected chi connectivity index (χ3v) is 5.79. The van der Waals surface area contributed by atoms with Gasteiger partial charge in [0.1, 0.15) is 9.71 Å². The molecule has 0 bridgehead atoms. The van der Waals surface area contributed by atoms with Gasteiger partial charge in [0.05, 0.1) is 16.3 Å². The molecule has 0 saturated carbocycles. The number of carbonyl (C=O) groups is 1. The van der Waals surface area contributed by atoms with E-state index in [4.69, 9.17) is 16.5 Å².